The van der Waals surface area contributed by atoms with Crippen LogP contribution in [0.3, 0.4) is 0 Å². The number of nitro groups is 1. The summed E-state index contributed by atoms with van der Waals surface area (Å²) in [6.45, 7) is 0. The highest BCUT2D eigenvalue weighted by molar-refractivity contribution is 6.37. The third-order valence-electron chi connectivity index (χ3n) is 2.00. The molecule has 7 heteroatoms. The summed E-state index contributed by atoms with van der Waals surface area (Å²) in [6.07, 6.45) is 0.839. The van der Waals surface area contributed by atoms with Crippen molar-refractivity contribution in [1.82, 2.24) is 4.98 Å². The van der Waals surface area contributed by atoms with Crippen molar-refractivity contribution >= 4 is 28.2 Å². The molecule has 0 N–H and O–H groups in total. The third kappa shape index (κ3) is 1.57. The predicted molar refractivity (Wildman–Crippen MR) is 53.3 cm³/mol. The molecule has 0 aliphatic rings. The van der Waals surface area contributed by atoms with Crippen LogP contribution in [0.25, 0.3) is 10.9 Å². The second-order valence-electron chi connectivity index (χ2n) is 3.00. The monoisotopic (exact) mass is 244 g/mol. The van der Waals surface area contributed by atoms with E-state index in [1.54, 1.807) is 0 Å². The van der Waals surface area contributed by atoms with E-state index in [2.05, 4.69) is 4.98 Å². The molecule has 0 unspecified atom stereocenters. The Morgan fingerprint density at radius 1 is 1.38 bits per heavy atom. The van der Waals surface area contributed by atoms with Crippen LogP contribution in [0.15, 0.2) is 18.3 Å². The molecule has 0 saturated carbocycles. The Balaban J connectivity index is 2.89. The molecule has 0 spiro atoms. The van der Waals surface area contributed by atoms with E-state index in [4.69, 9.17) is 11.6 Å². The molecule has 0 radical (unpaired) electrons. The van der Waals surface area contributed by atoms with Crippen molar-refractivity contribution < 1.29 is 13.7 Å². The first kappa shape index (κ1) is 10.7. The van der Waals surface area contributed by atoms with Crippen LogP contribution >= 0.6 is 11.6 Å². The average molecular weight is 245 g/mol. The summed E-state index contributed by atoms with van der Waals surface area (Å²) in [5.74, 6) is -1.78. The zero-order chi connectivity index (χ0) is 11.9. The van der Waals surface area contributed by atoms with Crippen molar-refractivity contribution in [3.05, 3.63) is 45.1 Å². The van der Waals surface area contributed by atoms with Gasteiger partial charge in [-0.3, -0.25) is 10.1 Å². The van der Waals surface area contributed by atoms with E-state index < -0.39 is 22.2 Å². The predicted octanol–water partition coefficient (Wildman–Crippen LogP) is 3.07. The van der Waals surface area contributed by atoms with Gasteiger partial charge in [0, 0.05) is 11.5 Å². The van der Waals surface area contributed by atoms with Gasteiger partial charge in [0.1, 0.15) is 22.6 Å². The van der Waals surface area contributed by atoms with Gasteiger partial charge in [0.2, 0.25) is 0 Å². The molecule has 0 atom stereocenters. The van der Waals surface area contributed by atoms with Crippen LogP contribution in [0.2, 0.25) is 5.02 Å². The topological polar surface area (TPSA) is 56.0 Å². The molecule has 0 aliphatic carbocycles. The van der Waals surface area contributed by atoms with E-state index in [1.165, 1.54) is 0 Å². The number of nitrogens with zero attached hydrogens (tertiary/aromatic N) is 2. The lowest BCUT2D eigenvalue weighted by Crippen LogP contribution is -1.94. The molecule has 1 aromatic heterocycles. The summed E-state index contributed by atoms with van der Waals surface area (Å²) < 4.78 is 26.1. The maximum atomic E-state index is 13.2. The van der Waals surface area contributed by atoms with E-state index in [1.807, 2.05) is 0 Å². The van der Waals surface area contributed by atoms with Crippen molar-refractivity contribution in [2.75, 3.05) is 0 Å². The molecular formula is C9H3ClF2N2O2. The molecule has 0 amide bonds. The van der Waals surface area contributed by atoms with Gasteiger partial charge in [0.15, 0.2) is 5.82 Å². The zero-order valence-corrected chi connectivity index (χ0v) is 8.33. The summed E-state index contributed by atoms with van der Waals surface area (Å²) in [5.41, 5.74) is -0.684. The van der Waals surface area contributed by atoms with Crippen molar-refractivity contribution in [2.24, 2.45) is 0 Å². The van der Waals surface area contributed by atoms with E-state index >= 15 is 0 Å². The molecular weight excluding hydrogens is 242 g/mol. The SMILES string of the molecule is O=[N+]([O-])c1cnc2c(F)cc(F)cc2c1Cl. The smallest absolute Gasteiger partial charge is 0.258 e. The quantitative estimate of drug-likeness (QED) is 0.572. The second kappa shape index (κ2) is 3.64. The molecule has 1 aromatic carbocycles. The van der Waals surface area contributed by atoms with Gasteiger partial charge in [0.25, 0.3) is 0 Å². The van der Waals surface area contributed by atoms with Crippen molar-refractivity contribution in [1.29, 1.82) is 0 Å². The molecule has 82 valence electrons. The highest BCUT2D eigenvalue weighted by Gasteiger charge is 2.18. The Bertz CT molecular complexity index is 604. The van der Waals surface area contributed by atoms with Gasteiger partial charge >= 0.3 is 5.69 Å². The molecule has 0 aliphatic heterocycles. The lowest BCUT2D eigenvalue weighted by molar-refractivity contribution is -0.384. The first-order chi connectivity index (χ1) is 7.50. The van der Waals surface area contributed by atoms with Crippen LogP contribution in [0.5, 0.6) is 0 Å². The number of hydrogen-bond donors (Lipinski definition) is 0. The lowest BCUT2D eigenvalue weighted by atomic mass is 10.2. The Hall–Kier alpha value is -1.82. The summed E-state index contributed by atoms with van der Waals surface area (Å²) in [6, 6.07) is 1.54. The number of aromatic nitrogens is 1. The van der Waals surface area contributed by atoms with Gasteiger partial charge in [-0.15, -0.1) is 0 Å². The normalized spacial score (nSPS) is 10.7. The second-order valence-corrected chi connectivity index (χ2v) is 3.38. The van der Waals surface area contributed by atoms with Gasteiger partial charge in [-0.1, -0.05) is 11.6 Å². The molecule has 0 saturated heterocycles. The van der Waals surface area contributed by atoms with E-state index in [0.29, 0.717) is 6.07 Å². The number of pyridine rings is 1. The summed E-state index contributed by atoms with van der Waals surface area (Å²) in [5, 5.41) is 10.1. The maximum Gasteiger partial charge on any atom is 0.306 e. The highest BCUT2D eigenvalue weighted by Crippen LogP contribution is 2.32. The third-order valence-corrected chi connectivity index (χ3v) is 2.40. The maximum absolute atomic E-state index is 13.2. The molecule has 2 rings (SSSR count). The fraction of sp³-hybridized carbons (Fsp3) is 0. The van der Waals surface area contributed by atoms with E-state index in [9.17, 15) is 18.9 Å². The van der Waals surface area contributed by atoms with E-state index in [0.717, 1.165) is 12.3 Å². The average Bonchev–Trinajstić information content (AvgIpc) is 2.19. The van der Waals surface area contributed by atoms with Crippen LogP contribution < -0.4 is 0 Å². The van der Waals surface area contributed by atoms with Crippen molar-refractivity contribution in [3.63, 3.8) is 0 Å². The summed E-state index contributed by atoms with van der Waals surface area (Å²) in [7, 11) is 0. The minimum Gasteiger partial charge on any atom is -0.258 e. The van der Waals surface area contributed by atoms with Crippen LogP contribution in [0, 0.1) is 21.7 Å². The fourth-order valence-electron chi connectivity index (χ4n) is 1.31. The number of fused-ring (bicyclic) bond motifs is 1. The van der Waals surface area contributed by atoms with Crippen LogP contribution in [0.4, 0.5) is 14.5 Å². The van der Waals surface area contributed by atoms with Gasteiger partial charge in [-0.2, -0.15) is 0 Å². The Kier molecular flexibility index (Phi) is 2.43. The lowest BCUT2D eigenvalue weighted by Gasteiger charge is -2.02. The first-order valence-corrected chi connectivity index (χ1v) is 4.46. The van der Waals surface area contributed by atoms with Crippen LogP contribution in [0.1, 0.15) is 0 Å². The summed E-state index contributed by atoms with van der Waals surface area (Å²) in [4.78, 5) is 13.3. The van der Waals surface area contributed by atoms with Gasteiger partial charge in [0.05, 0.1) is 4.92 Å². The minimum atomic E-state index is -0.910. The van der Waals surface area contributed by atoms with Gasteiger partial charge in [-0.25, -0.2) is 13.8 Å². The minimum absolute atomic E-state index is 0.117. The fourth-order valence-corrected chi connectivity index (χ4v) is 1.57. The molecule has 16 heavy (non-hydrogen) atoms. The number of benzene rings is 1. The highest BCUT2D eigenvalue weighted by atomic mass is 35.5. The molecule has 0 fully saturated rings. The van der Waals surface area contributed by atoms with E-state index in [-0.39, 0.29) is 15.9 Å². The largest absolute Gasteiger partial charge is 0.306 e. The Morgan fingerprint density at radius 3 is 2.69 bits per heavy atom. The number of halogens is 3. The van der Waals surface area contributed by atoms with Crippen molar-refractivity contribution in [2.45, 2.75) is 0 Å². The standard InChI is InChI=1S/C9H3ClF2N2O2/c10-8-5-1-4(11)2-6(12)9(5)13-3-7(8)14(15)16/h1-3H. The first-order valence-electron chi connectivity index (χ1n) is 4.08. The van der Waals surface area contributed by atoms with Gasteiger partial charge < -0.3 is 0 Å². The molecule has 0 bridgehead atoms. The van der Waals surface area contributed by atoms with Gasteiger partial charge in [-0.05, 0) is 6.07 Å². The molecule has 1 heterocycles. The Morgan fingerprint density at radius 2 is 2.06 bits per heavy atom. The van der Waals surface area contributed by atoms with Crippen molar-refractivity contribution in [3.8, 4) is 0 Å². The number of hydrogen-bond acceptors (Lipinski definition) is 3. The van der Waals surface area contributed by atoms with Crippen LogP contribution in [-0.4, -0.2) is 9.91 Å². The summed E-state index contributed by atoms with van der Waals surface area (Å²) >= 11 is 5.67. The zero-order valence-electron chi connectivity index (χ0n) is 7.58. The number of rotatable bonds is 1. The Labute approximate surface area is 92.6 Å². The molecule has 2 aromatic rings. The van der Waals surface area contributed by atoms with Crippen LogP contribution in [-0.2, 0) is 0 Å². The molecule has 4 nitrogen and oxygen atoms in total.